The molecule has 2 N–H and O–H groups in total. The van der Waals surface area contributed by atoms with E-state index >= 15 is 0 Å². The van der Waals surface area contributed by atoms with Crippen molar-refractivity contribution < 1.29 is 23.7 Å². The third-order valence-corrected chi connectivity index (χ3v) is 7.09. The fourth-order valence-corrected chi connectivity index (χ4v) is 5.36. The average Bonchev–Trinajstić information content (AvgIpc) is 3.17. The third-order valence-electron chi connectivity index (χ3n) is 6.47. The van der Waals surface area contributed by atoms with E-state index in [1.165, 1.54) is 21.3 Å². The topological polar surface area (TPSA) is 87.3 Å². The number of hydrogen-bond acceptors (Lipinski definition) is 7. The Hall–Kier alpha value is -3.69. The van der Waals surface area contributed by atoms with Crippen molar-refractivity contribution in [1.29, 1.82) is 0 Å². The number of ether oxygens (including phenoxy) is 5. The first-order chi connectivity index (χ1) is 18.4. The highest BCUT2D eigenvalue weighted by Gasteiger charge is 2.32. The van der Waals surface area contributed by atoms with Crippen molar-refractivity contribution in [2.24, 2.45) is 0 Å². The Morgan fingerprint density at radius 3 is 2.24 bits per heavy atom. The van der Waals surface area contributed by atoms with Crippen molar-refractivity contribution in [3.63, 3.8) is 0 Å². The van der Waals surface area contributed by atoms with Gasteiger partial charge in [0.05, 0.1) is 52.3 Å². The second kappa shape index (κ2) is 11.8. The summed E-state index contributed by atoms with van der Waals surface area (Å²) in [7, 11) is 7.67. The molecule has 3 aromatic rings. The van der Waals surface area contributed by atoms with Crippen LogP contribution in [0.25, 0.3) is 11.1 Å². The lowest BCUT2D eigenvalue weighted by molar-refractivity contribution is 0.325. The molecule has 4 rings (SSSR count). The molecular formula is C28H29ClN2O6S. The number of halogens is 1. The normalized spacial score (nSPS) is 13.8. The second-order valence-electron chi connectivity index (χ2n) is 8.44. The van der Waals surface area contributed by atoms with E-state index in [4.69, 9.17) is 47.5 Å². The van der Waals surface area contributed by atoms with E-state index in [0.717, 1.165) is 16.7 Å². The number of benzene rings is 2. The largest absolute Gasteiger partial charge is 0.495 e. The van der Waals surface area contributed by atoms with Crippen molar-refractivity contribution in [3.05, 3.63) is 68.8 Å². The van der Waals surface area contributed by atoms with Gasteiger partial charge in [0.25, 0.3) is 0 Å². The Morgan fingerprint density at radius 1 is 0.895 bits per heavy atom. The van der Waals surface area contributed by atoms with Crippen LogP contribution in [0, 0.1) is 0 Å². The Balaban J connectivity index is 1.89. The number of para-hydroxylation sites is 2. The summed E-state index contributed by atoms with van der Waals surface area (Å²) >= 11 is 12.6. The molecule has 200 valence electrons. The van der Waals surface area contributed by atoms with Gasteiger partial charge in [0, 0.05) is 5.56 Å². The molecule has 0 spiro atoms. The maximum atomic E-state index is 13.1. The maximum Gasteiger partial charge on any atom is 0.220 e. The molecule has 0 fully saturated rings. The van der Waals surface area contributed by atoms with Gasteiger partial charge in [0.2, 0.25) is 11.2 Å². The van der Waals surface area contributed by atoms with E-state index in [2.05, 4.69) is 10.6 Å². The van der Waals surface area contributed by atoms with Gasteiger partial charge in [-0.3, -0.25) is 4.79 Å². The van der Waals surface area contributed by atoms with Crippen molar-refractivity contribution >= 4 is 34.6 Å². The van der Waals surface area contributed by atoms with E-state index < -0.39 is 0 Å². The van der Waals surface area contributed by atoms with Crippen LogP contribution in [0.4, 0.5) is 5.69 Å². The number of rotatable bonds is 7. The minimum Gasteiger partial charge on any atom is -0.495 e. The predicted molar refractivity (Wildman–Crippen MR) is 153 cm³/mol. The van der Waals surface area contributed by atoms with Gasteiger partial charge >= 0.3 is 0 Å². The third kappa shape index (κ3) is 5.04. The first kappa shape index (κ1) is 27.3. The lowest BCUT2D eigenvalue weighted by Crippen LogP contribution is -2.33. The van der Waals surface area contributed by atoms with E-state index in [9.17, 15) is 4.79 Å². The molecule has 0 saturated carbocycles. The number of thiocarbonyl (C=S) groups is 1. The fourth-order valence-electron chi connectivity index (χ4n) is 4.75. The summed E-state index contributed by atoms with van der Waals surface area (Å²) < 4.78 is 27.9. The van der Waals surface area contributed by atoms with Crippen molar-refractivity contribution in [1.82, 2.24) is 5.32 Å². The van der Waals surface area contributed by atoms with Gasteiger partial charge in [0.15, 0.2) is 22.4 Å². The van der Waals surface area contributed by atoms with Crippen molar-refractivity contribution in [2.75, 3.05) is 40.9 Å². The summed E-state index contributed by atoms with van der Waals surface area (Å²) in [5.74, 6) is 2.06. The molecule has 0 unspecified atom stereocenters. The van der Waals surface area contributed by atoms with Crippen LogP contribution >= 0.6 is 23.8 Å². The van der Waals surface area contributed by atoms with Crippen LogP contribution in [0.1, 0.15) is 23.6 Å². The molecule has 0 aromatic heterocycles. The van der Waals surface area contributed by atoms with E-state index in [0.29, 0.717) is 57.2 Å². The van der Waals surface area contributed by atoms with Gasteiger partial charge in [-0.1, -0.05) is 29.8 Å². The molecule has 1 aliphatic carbocycles. The molecule has 10 heteroatoms. The van der Waals surface area contributed by atoms with Crippen molar-refractivity contribution in [3.8, 4) is 39.9 Å². The average molecular weight is 557 g/mol. The highest BCUT2D eigenvalue weighted by Crippen LogP contribution is 2.54. The van der Waals surface area contributed by atoms with Gasteiger partial charge in [0.1, 0.15) is 5.75 Å². The zero-order chi connectivity index (χ0) is 27.4. The number of methoxy groups -OCH3 is 5. The SMILES string of the molecule is COc1ccccc1NC(=S)N[C@H]1CCc2c(Cl)c(OC)c(OC)c(OC)c2-c2ccc(OC)c(=O)cc21. The van der Waals surface area contributed by atoms with Gasteiger partial charge in [-0.05, 0) is 66.0 Å². The lowest BCUT2D eigenvalue weighted by Gasteiger charge is -2.22. The molecule has 1 atom stereocenters. The van der Waals surface area contributed by atoms with Crippen molar-refractivity contribution in [2.45, 2.75) is 18.9 Å². The first-order valence-electron chi connectivity index (χ1n) is 11.8. The number of hydrogen-bond donors (Lipinski definition) is 2. The smallest absolute Gasteiger partial charge is 0.220 e. The minimum absolute atomic E-state index is 0.207. The van der Waals surface area contributed by atoms with E-state index in [1.807, 2.05) is 30.3 Å². The monoisotopic (exact) mass is 556 g/mol. The summed E-state index contributed by atoms with van der Waals surface area (Å²) in [6, 6.07) is 12.2. The summed E-state index contributed by atoms with van der Waals surface area (Å²) in [4.78, 5) is 13.1. The number of fused-ring (bicyclic) bond motifs is 3. The minimum atomic E-state index is -0.352. The summed E-state index contributed by atoms with van der Waals surface area (Å²) in [5.41, 5.74) is 3.42. The van der Waals surface area contributed by atoms with E-state index in [1.54, 1.807) is 26.4 Å². The zero-order valence-electron chi connectivity index (χ0n) is 21.8. The van der Waals surface area contributed by atoms with Crippen LogP contribution in [0.3, 0.4) is 0 Å². The van der Waals surface area contributed by atoms with E-state index in [-0.39, 0.29) is 17.2 Å². The Bertz CT molecular complexity index is 1430. The van der Waals surface area contributed by atoms with Crippen LogP contribution in [-0.4, -0.2) is 40.7 Å². The standard InChI is InChI=1S/C28H29ClN2O6S/c1-33-21-9-7-6-8-19(21)31-28(38)30-18-12-10-16-23(15-11-13-22(34-2)20(32)14-17(15)18)25(35-3)27(37-5)26(36-4)24(16)29/h6-9,11,13-14,18H,10,12H2,1-5H3,(H2,30,31,38)/t18-/m0/s1. The van der Waals surface area contributed by atoms with Crippen LogP contribution in [0.15, 0.2) is 47.3 Å². The predicted octanol–water partition coefficient (Wildman–Crippen LogP) is 5.38. The lowest BCUT2D eigenvalue weighted by atomic mass is 9.95. The number of nitrogens with one attached hydrogen (secondary N) is 2. The molecule has 0 heterocycles. The van der Waals surface area contributed by atoms with Crippen LogP contribution in [0.2, 0.25) is 5.02 Å². The van der Waals surface area contributed by atoms with Gasteiger partial charge < -0.3 is 34.3 Å². The molecule has 0 radical (unpaired) electrons. The van der Waals surface area contributed by atoms with Crippen LogP contribution in [0.5, 0.6) is 28.7 Å². The molecule has 3 aromatic carbocycles. The summed E-state index contributed by atoms with van der Waals surface area (Å²) in [6.45, 7) is 0. The zero-order valence-corrected chi connectivity index (χ0v) is 23.3. The molecule has 38 heavy (non-hydrogen) atoms. The molecule has 0 bridgehead atoms. The van der Waals surface area contributed by atoms with Gasteiger partial charge in [-0.25, -0.2) is 0 Å². The molecule has 1 aliphatic rings. The highest BCUT2D eigenvalue weighted by molar-refractivity contribution is 7.80. The van der Waals surface area contributed by atoms with Gasteiger partial charge in [-0.15, -0.1) is 0 Å². The van der Waals surface area contributed by atoms with Gasteiger partial charge in [-0.2, -0.15) is 0 Å². The molecule has 8 nitrogen and oxygen atoms in total. The van der Waals surface area contributed by atoms with Crippen LogP contribution < -0.4 is 39.7 Å². The maximum absolute atomic E-state index is 13.1. The second-order valence-corrected chi connectivity index (χ2v) is 9.22. The first-order valence-corrected chi connectivity index (χ1v) is 12.6. The Labute approximate surface area is 231 Å². The molecule has 0 saturated heterocycles. The number of anilines is 1. The fraction of sp³-hybridized carbons (Fsp3) is 0.286. The summed E-state index contributed by atoms with van der Waals surface area (Å²) in [5, 5.41) is 7.37. The summed E-state index contributed by atoms with van der Waals surface area (Å²) in [6.07, 6.45) is 1.11. The molecular weight excluding hydrogens is 528 g/mol. The molecule has 0 amide bonds. The Morgan fingerprint density at radius 2 is 1.58 bits per heavy atom. The van der Waals surface area contributed by atoms with Crippen LogP contribution in [-0.2, 0) is 6.42 Å². The Kier molecular flexibility index (Phi) is 8.48. The molecule has 0 aliphatic heterocycles. The quantitative estimate of drug-likeness (QED) is 0.372. The highest BCUT2D eigenvalue weighted by atomic mass is 35.5.